The van der Waals surface area contributed by atoms with Gasteiger partial charge in [-0.05, 0) is 38.3 Å². The molecule has 0 amide bonds. The molecule has 0 bridgehead atoms. The molecular weight excluding hydrogens is 212 g/mol. The van der Waals surface area contributed by atoms with Gasteiger partial charge in [-0.15, -0.1) is 0 Å². The molecule has 1 saturated carbocycles. The normalized spacial score (nSPS) is 26.9. The first-order valence-electron chi connectivity index (χ1n) is 6.78. The number of aromatic nitrogens is 2. The molecule has 4 heteroatoms. The zero-order valence-electron chi connectivity index (χ0n) is 10.4. The Labute approximate surface area is 103 Å². The highest BCUT2D eigenvalue weighted by atomic mass is 15.3. The van der Waals surface area contributed by atoms with Crippen molar-refractivity contribution >= 4 is 0 Å². The van der Waals surface area contributed by atoms with E-state index >= 15 is 0 Å². The average Bonchev–Trinajstić information content (AvgIpc) is 2.93. The lowest BCUT2D eigenvalue weighted by atomic mass is 10.0. The van der Waals surface area contributed by atoms with Gasteiger partial charge in [0.25, 0.3) is 0 Å². The molecule has 2 N–H and O–H groups in total. The summed E-state index contributed by atoms with van der Waals surface area (Å²) in [6, 6.07) is 2.69. The van der Waals surface area contributed by atoms with Crippen LogP contribution in [-0.2, 0) is 6.54 Å². The fourth-order valence-corrected chi connectivity index (χ4v) is 2.69. The largest absolute Gasteiger partial charge is 0.315 e. The van der Waals surface area contributed by atoms with E-state index in [9.17, 15) is 0 Å². The number of nitrogens with one attached hydrogen (secondary N) is 2. The highest BCUT2D eigenvalue weighted by Gasteiger charge is 2.43. The van der Waals surface area contributed by atoms with Crippen molar-refractivity contribution < 1.29 is 0 Å². The molecule has 2 aliphatic rings. The maximum absolute atomic E-state index is 4.31. The highest BCUT2D eigenvalue weighted by Crippen LogP contribution is 2.46. The molecule has 0 unspecified atom stereocenters. The number of nitrogens with zero attached hydrogens (tertiary/aromatic N) is 2. The summed E-state index contributed by atoms with van der Waals surface area (Å²) in [6.45, 7) is 4.56. The lowest BCUT2D eigenvalue weighted by Gasteiger charge is -2.26. The third kappa shape index (κ3) is 2.87. The molecule has 17 heavy (non-hydrogen) atoms. The van der Waals surface area contributed by atoms with Gasteiger partial charge in [0.05, 0.1) is 0 Å². The van der Waals surface area contributed by atoms with Gasteiger partial charge in [-0.3, -0.25) is 4.68 Å². The van der Waals surface area contributed by atoms with Crippen LogP contribution in [0, 0.1) is 5.41 Å². The van der Waals surface area contributed by atoms with E-state index in [0.29, 0.717) is 11.5 Å². The fraction of sp³-hybridized carbons (Fsp3) is 0.769. The standard InChI is InChI=1S/C13H22N4/c1-3-12(9-14-6-1)15-10-13(4-5-13)11-17-8-2-7-16-17/h2,7-8,12,14-15H,1,3-6,9-11H2/t12-/m1/s1. The van der Waals surface area contributed by atoms with E-state index < -0.39 is 0 Å². The maximum Gasteiger partial charge on any atom is 0.0489 e. The second-order valence-electron chi connectivity index (χ2n) is 5.63. The smallest absolute Gasteiger partial charge is 0.0489 e. The van der Waals surface area contributed by atoms with E-state index in [1.165, 1.54) is 32.2 Å². The van der Waals surface area contributed by atoms with Gasteiger partial charge in [0.1, 0.15) is 0 Å². The second kappa shape index (κ2) is 4.78. The molecule has 1 aliphatic heterocycles. The first-order chi connectivity index (χ1) is 8.36. The van der Waals surface area contributed by atoms with Crippen molar-refractivity contribution in [2.45, 2.75) is 38.3 Å². The molecule has 2 heterocycles. The predicted molar refractivity (Wildman–Crippen MR) is 67.8 cm³/mol. The van der Waals surface area contributed by atoms with E-state index in [1.807, 2.05) is 12.3 Å². The third-order valence-electron chi connectivity index (χ3n) is 4.08. The van der Waals surface area contributed by atoms with E-state index in [2.05, 4.69) is 26.6 Å². The highest BCUT2D eigenvalue weighted by molar-refractivity contribution is 4.96. The van der Waals surface area contributed by atoms with Gasteiger partial charge < -0.3 is 10.6 Å². The molecule has 1 aromatic heterocycles. The minimum Gasteiger partial charge on any atom is -0.315 e. The van der Waals surface area contributed by atoms with Crippen LogP contribution in [0.25, 0.3) is 0 Å². The topological polar surface area (TPSA) is 41.9 Å². The van der Waals surface area contributed by atoms with Crippen LogP contribution in [0.2, 0.25) is 0 Å². The van der Waals surface area contributed by atoms with Crippen molar-refractivity contribution in [3.05, 3.63) is 18.5 Å². The molecule has 1 saturated heterocycles. The summed E-state index contributed by atoms with van der Waals surface area (Å²) < 4.78 is 2.08. The SMILES string of the molecule is c1cnn(CC2(CN[C@@H]3CCCNC3)CC2)c1. The van der Waals surface area contributed by atoms with Crippen molar-refractivity contribution in [3.63, 3.8) is 0 Å². The first-order valence-corrected chi connectivity index (χ1v) is 6.78. The minimum atomic E-state index is 0.490. The monoisotopic (exact) mass is 234 g/mol. The molecule has 3 rings (SSSR count). The van der Waals surface area contributed by atoms with Gasteiger partial charge in [-0.1, -0.05) is 0 Å². The molecule has 4 nitrogen and oxygen atoms in total. The third-order valence-corrected chi connectivity index (χ3v) is 4.08. The van der Waals surface area contributed by atoms with E-state index in [0.717, 1.165) is 19.6 Å². The molecule has 1 aliphatic carbocycles. The number of rotatable bonds is 5. The Bertz CT molecular complexity index is 336. The van der Waals surface area contributed by atoms with Crippen molar-refractivity contribution in [2.24, 2.45) is 5.41 Å². The quantitative estimate of drug-likeness (QED) is 0.799. The summed E-state index contributed by atoms with van der Waals surface area (Å²) in [5.74, 6) is 0. The Balaban J connectivity index is 1.47. The fourth-order valence-electron chi connectivity index (χ4n) is 2.69. The van der Waals surface area contributed by atoms with E-state index in [1.54, 1.807) is 0 Å². The summed E-state index contributed by atoms with van der Waals surface area (Å²) in [6.07, 6.45) is 9.27. The van der Waals surface area contributed by atoms with E-state index in [-0.39, 0.29) is 0 Å². The summed E-state index contributed by atoms with van der Waals surface area (Å²) in [5, 5.41) is 11.5. The van der Waals surface area contributed by atoms with Crippen LogP contribution < -0.4 is 10.6 Å². The van der Waals surface area contributed by atoms with E-state index in [4.69, 9.17) is 0 Å². The lowest BCUT2D eigenvalue weighted by Crippen LogP contribution is -2.45. The van der Waals surface area contributed by atoms with Crippen molar-refractivity contribution in [1.29, 1.82) is 0 Å². The van der Waals surface area contributed by atoms with Gasteiger partial charge in [0.15, 0.2) is 0 Å². The van der Waals surface area contributed by atoms with Crippen LogP contribution in [0.15, 0.2) is 18.5 Å². The van der Waals surface area contributed by atoms with Gasteiger partial charge in [-0.25, -0.2) is 0 Å². The molecular formula is C13H22N4. The molecule has 1 aromatic rings. The van der Waals surface area contributed by atoms with Crippen LogP contribution in [0.3, 0.4) is 0 Å². The van der Waals surface area contributed by atoms with Crippen molar-refractivity contribution in [1.82, 2.24) is 20.4 Å². The van der Waals surface area contributed by atoms with Crippen molar-refractivity contribution in [3.8, 4) is 0 Å². The van der Waals surface area contributed by atoms with Gasteiger partial charge >= 0.3 is 0 Å². The van der Waals surface area contributed by atoms with Crippen LogP contribution in [-0.4, -0.2) is 35.5 Å². The summed E-state index contributed by atoms with van der Waals surface area (Å²) in [5.41, 5.74) is 0.490. The van der Waals surface area contributed by atoms with Crippen LogP contribution in [0.1, 0.15) is 25.7 Å². The Morgan fingerprint density at radius 3 is 3.06 bits per heavy atom. The molecule has 0 aromatic carbocycles. The first kappa shape index (κ1) is 11.2. The van der Waals surface area contributed by atoms with Gasteiger partial charge in [0.2, 0.25) is 0 Å². The zero-order chi connectivity index (χ0) is 11.6. The summed E-state index contributed by atoms with van der Waals surface area (Å²) in [4.78, 5) is 0. The Morgan fingerprint density at radius 2 is 2.41 bits per heavy atom. The molecule has 94 valence electrons. The predicted octanol–water partition coefficient (Wildman–Crippen LogP) is 1.00. The van der Waals surface area contributed by atoms with Crippen LogP contribution in [0.4, 0.5) is 0 Å². The van der Waals surface area contributed by atoms with Gasteiger partial charge in [-0.2, -0.15) is 5.10 Å². The summed E-state index contributed by atoms with van der Waals surface area (Å²) in [7, 11) is 0. The molecule has 0 radical (unpaired) electrons. The lowest BCUT2D eigenvalue weighted by molar-refractivity contribution is 0.320. The van der Waals surface area contributed by atoms with Crippen molar-refractivity contribution in [2.75, 3.05) is 19.6 Å². The van der Waals surface area contributed by atoms with Crippen LogP contribution >= 0.6 is 0 Å². The average molecular weight is 234 g/mol. The Hall–Kier alpha value is -0.870. The minimum absolute atomic E-state index is 0.490. The number of hydrogen-bond acceptors (Lipinski definition) is 3. The maximum atomic E-state index is 4.31. The Morgan fingerprint density at radius 1 is 1.47 bits per heavy atom. The number of hydrogen-bond donors (Lipinski definition) is 2. The van der Waals surface area contributed by atoms with Gasteiger partial charge in [0, 0.05) is 43.5 Å². The molecule has 2 fully saturated rings. The Kier molecular flexibility index (Phi) is 3.16. The number of piperidine rings is 1. The molecule has 0 spiro atoms. The molecule has 1 atom stereocenters. The zero-order valence-corrected chi connectivity index (χ0v) is 10.4. The second-order valence-corrected chi connectivity index (χ2v) is 5.63. The summed E-state index contributed by atoms with van der Waals surface area (Å²) >= 11 is 0. The van der Waals surface area contributed by atoms with Crippen LogP contribution in [0.5, 0.6) is 0 Å².